The van der Waals surface area contributed by atoms with Crippen LogP contribution in [0, 0.1) is 0 Å². The molecule has 0 radical (unpaired) electrons. The Kier molecular flexibility index (Phi) is 12.0. The monoisotopic (exact) mass is 677 g/mol. The van der Waals surface area contributed by atoms with Gasteiger partial charge in [-0.1, -0.05) is 101 Å². The Bertz CT molecular complexity index is 1510. The van der Waals surface area contributed by atoms with Crippen LogP contribution in [0.15, 0.2) is 60.7 Å². The zero-order chi connectivity index (χ0) is 30.3. The largest absolute Gasteiger partial charge is 0.354 e. The van der Waals surface area contributed by atoms with Crippen LogP contribution in [0.2, 0.25) is 25.1 Å². The van der Waals surface area contributed by atoms with Gasteiger partial charge in [-0.2, -0.15) is 0 Å². The van der Waals surface area contributed by atoms with E-state index in [4.69, 9.17) is 58.0 Å². The molecule has 0 aliphatic heterocycles. The van der Waals surface area contributed by atoms with Gasteiger partial charge >= 0.3 is 0 Å². The molecule has 0 saturated carbocycles. The van der Waals surface area contributed by atoms with Crippen molar-refractivity contribution >= 4 is 85.5 Å². The molecule has 13 heteroatoms. The fourth-order valence-electron chi connectivity index (χ4n) is 4.05. The van der Waals surface area contributed by atoms with E-state index in [9.17, 15) is 18.0 Å². The maximum atomic E-state index is 14.1. The molecule has 3 rings (SSSR count). The van der Waals surface area contributed by atoms with E-state index < -0.39 is 34.4 Å². The molecule has 0 aliphatic rings. The Hall–Kier alpha value is -2.20. The number of hydrogen-bond acceptors (Lipinski definition) is 4. The molecule has 0 heterocycles. The van der Waals surface area contributed by atoms with Crippen LogP contribution < -0.4 is 9.62 Å². The lowest BCUT2D eigenvalue weighted by Crippen LogP contribution is -2.53. The number of carbonyl (C=O) groups excluding carboxylic acids is 2. The lowest BCUT2D eigenvalue weighted by Gasteiger charge is -2.34. The van der Waals surface area contributed by atoms with Gasteiger partial charge in [-0.25, -0.2) is 8.42 Å². The van der Waals surface area contributed by atoms with E-state index in [0.717, 1.165) is 16.1 Å². The minimum absolute atomic E-state index is 0.0218. The Morgan fingerprint density at radius 2 is 1.54 bits per heavy atom. The van der Waals surface area contributed by atoms with E-state index in [2.05, 4.69) is 5.32 Å². The number of amides is 2. The summed E-state index contributed by atoms with van der Waals surface area (Å²) in [5, 5.41) is 3.70. The van der Waals surface area contributed by atoms with Crippen molar-refractivity contribution in [3.8, 4) is 0 Å². The number of rotatable bonds is 12. The third-order valence-electron chi connectivity index (χ3n) is 6.11. The van der Waals surface area contributed by atoms with E-state index in [0.29, 0.717) is 23.6 Å². The van der Waals surface area contributed by atoms with Gasteiger partial charge in [0.05, 0.1) is 27.0 Å². The maximum Gasteiger partial charge on any atom is 0.244 e. The molecule has 3 aromatic rings. The molecular formula is C28H28Cl5N3O4S. The molecule has 0 fully saturated rings. The third kappa shape index (κ3) is 9.14. The maximum absolute atomic E-state index is 14.1. The van der Waals surface area contributed by atoms with Crippen molar-refractivity contribution in [3.05, 3.63) is 96.9 Å². The highest BCUT2D eigenvalue weighted by molar-refractivity contribution is 7.92. The molecule has 220 valence electrons. The van der Waals surface area contributed by atoms with E-state index in [-0.39, 0.29) is 38.7 Å². The second-order valence-electron chi connectivity index (χ2n) is 9.24. The summed E-state index contributed by atoms with van der Waals surface area (Å²) in [6.07, 6.45) is 1.78. The number of nitrogens with zero attached hydrogens (tertiary/aromatic N) is 2. The number of benzene rings is 3. The number of anilines is 1. The minimum Gasteiger partial charge on any atom is -0.354 e. The number of hydrogen-bond donors (Lipinski definition) is 1. The van der Waals surface area contributed by atoms with Crippen molar-refractivity contribution in [1.82, 2.24) is 10.2 Å². The van der Waals surface area contributed by atoms with Gasteiger partial charge in [0.1, 0.15) is 12.6 Å². The van der Waals surface area contributed by atoms with Crippen LogP contribution >= 0.6 is 58.0 Å². The van der Waals surface area contributed by atoms with Crippen molar-refractivity contribution in [1.29, 1.82) is 0 Å². The first kappa shape index (κ1) is 33.3. The van der Waals surface area contributed by atoms with E-state index in [1.807, 2.05) is 37.3 Å². The zero-order valence-electron chi connectivity index (χ0n) is 22.2. The summed E-state index contributed by atoms with van der Waals surface area (Å²) in [6, 6.07) is 15.6. The van der Waals surface area contributed by atoms with E-state index >= 15 is 0 Å². The number of carbonyl (C=O) groups is 2. The van der Waals surface area contributed by atoms with Crippen LogP contribution in [0.5, 0.6) is 0 Å². The molecule has 1 unspecified atom stereocenters. The van der Waals surface area contributed by atoms with Gasteiger partial charge in [0, 0.05) is 29.6 Å². The van der Waals surface area contributed by atoms with Crippen molar-refractivity contribution in [2.75, 3.05) is 23.7 Å². The summed E-state index contributed by atoms with van der Waals surface area (Å²) >= 11 is 31.1. The third-order valence-corrected chi connectivity index (χ3v) is 8.85. The average molecular weight is 680 g/mol. The summed E-state index contributed by atoms with van der Waals surface area (Å²) < 4.78 is 26.7. The smallest absolute Gasteiger partial charge is 0.244 e. The molecule has 1 atom stereocenters. The van der Waals surface area contributed by atoms with Gasteiger partial charge in [0.15, 0.2) is 0 Å². The predicted molar refractivity (Wildman–Crippen MR) is 168 cm³/mol. The Morgan fingerprint density at radius 1 is 0.878 bits per heavy atom. The first-order valence-electron chi connectivity index (χ1n) is 12.5. The molecule has 0 bridgehead atoms. The number of halogens is 5. The first-order valence-corrected chi connectivity index (χ1v) is 16.2. The molecule has 0 spiro atoms. The van der Waals surface area contributed by atoms with Crippen molar-refractivity contribution in [2.45, 2.75) is 32.4 Å². The second kappa shape index (κ2) is 14.8. The molecule has 0 aliphatic carbocycles. The van der Waals surface area contributed by atoms with Gasteiger partial charge in [-0.05, 0) is 41.8 Å². The van der Waals surface area contributed by atoms with Crippen LogP contribution in [-0.4, -0.2) is 50.5 Å². The van der Waals surface area contributed by atoms with Crippen LogP contribution in [0.4, 0.5) is 5.69 Å². The first-order chi connectivity index (χ1) is 19.3. The standard InChI is InChI=1S/C28H28Cl5N3O4S/c1-3-11-34-28(38)26(12-18-7-5-4-6-8-18)35(16-19-9-10-20(29)13-21(19)30)27(37)17-36(41(2,39)40)25-15-23(32)22(31)14-24(25)33/h4-10,13-15,26H,3,11-12,16-17H2,1-2H3,(H,34,38). The van der Waals surface area contributed by atoms with Gasteiger partial charge in [-0.15, -0.1) is 0 Å². The fourth-order valence-corrected chi connectivity index (χ4v) is 6.07. The highest BCUT2D eigenvalue weighted by Crippen LogP contribution is 2.36. The van der Waals surface area contributed by atoms with E-state index in [1.165, 1.54) is 23.1 Å². The number of sulfonamides is 1. The SMILES string of the molecule is CCCNC(=O)C(Cc1ccccc1)N(Cc1ccc(Cl)cc1Cl)C(=O)CN(c1cc(Cl)c(Cl)cc1Cl)S(C)(=O)=O. The van der Waals surface area contributed by atoms with Gasteiger partial charge in [0.25, 0.3) is 0 Å². The Balaban J connectivity index is 2.11. The fraction of sp³-hybridized carbons (Fsp3) is 0.286. The van der Waals surface area contributed by atoms with Gasteiger partial charge in [0.2, 0.25) is 21.8 Å². The highest BCUT2D eigenvalue weighted by atomic mass is 35.5. The average Bonchev–Trinajstić information content (AvgIpc) is 2.91. The lowest BCUT2D eigenvalue weighted by molar-refractivity contribution is -0.140. The summed E-state index contributed by atoms with van der Waals surface area (Å²) in [5.41, 5.74) is 1.29. The van der Waals surface area contributed by atoms with Gasteiger partial charge < -0.3 is 10.2 Å². The summed E-state index contributed by atoms with van der Waals surface area (Å²) in [4.78, 5) is 28.9. The molecule has 2 amide bonds. The van der Waals surface area contributed by atoms with Gasteiger partial charge in [-0.3, -0.25) is 13.9 Å². The normalized spacial score (nSPS) is 12.1. The molecule has 0 saturated heterocycles. The van der Waals surface area contributed by atoms with Crippen molar-refractivity contribution in [2.24, 2.45) is 0 Å². The molecule has 1 N–H and O–H groups in total. The predicted octanol–water partition coefficient (Wildman–Crippen LogP) is 6.89. The number of nitrogens with one attached hydrogen (secondary N) is 1. The lowest BCUT2D eigenvalue weighted by atomic mass is 10.0. The molecule has 41 heavy (non-hydrogen) atoms. The molecule has 0 aromatic heterocycles. The molecular weight excluding hydrogens is 652 g/mol. The summed E-state index contributed by atoms with van der Waals surface area (Å²) in [7, 11) is -4.05. The molecule has 3 aromatic carbocycles. The van der Waals surface area contributed by atoms with Crippen LogP contribution in [0.25, 0.3) is 0 Å². The van der Waals surface area contributed by atoms with Crippen molar-refractivity contribution < 1.29 is 18.0 Å². The Morgan fingerprint density at radius 3 is 2.15 bits per heavy atom. The zero-order valence-corrected chi connectivity index (χ0v) is 26.8. The van der Waals surface area contributed by atoms with Crippen LogP contribution in [0.1, 0.15) is 24.5 Å². The van der Waals surface area contributed by atoms with E-state index in [1.54, 1.807) is 12.1 Å². The second-order valence-corrected chi connectivity index (χ2v) is 13.2. The van der Waals surface area contributed by atoms with Crippen molar-refractivity contribution in [3.63, 3.8) is 0 Å². The summed E-state index contributed by atoms with van der Waals surface area (Å²) in [5.74, 6) is -1.07. The summed E-state index contributed by atoms with van der Waals surface area (Å²) in [6.45, 7) is 1.53. The quantitative estimate of drug-likeness (QED) is 0.212. The topological polar surface area (TPSA) is 86.8 Å². The molecule has 7 nitrogen and oxygen atoms in total. The van der Waals surface area contributed by atoms with Crippen LogP contribution in [0.3, 0.4) is 0 Å². The highest BCUT2D eigenvalue weighted by Gasteiger charge is 2.34. The van der Waals surface area contributed by atoms with Crippen LogP contribution in [-0.2, 0) is 32.6 Å². The minimum atomic E-state index is -4.05. The Labute approximate surface area is 265 Å².